The number of carboxylic acid groups (broad SMARTS) is 1. The number of alkyl halides is 3. The molecule has 2 heterocycles. The molecular weight excluding hydrogens is 710 g/mol. The highest BCUT2D eigenvalue weighted by molar-refractivity contribution is 7.90. The highest BCUT2D eigenvalue weighted by atomic mass is 32.2. The van der Waals surface area contributed by atoms with Crippen LogP contribution in [0.15, 0.2) is 71.8 Å². The van der Waals surface area contributed by atoms with Crippen LogP contribution in [0.2, 0.25) is 0 Å². The van der Waals surface area contributed by atoms with E-state index in [4.69, 9.17) is 0 Å². The second-order valence-corrected chi connectivity index (χ2v) is 15.0. The van der Waals surface area contributed by atoms with Gasteiger partial charge in [0.25, 0.3) is 10.0 Å². The summed E-state index contributed by atoms with van der Waals surface area (Å²) in [6.07, 6.45) is -1.23. The Morgan fingerprint density at radius 1 is 0.981 bits per heavy atom. The maximum atomic E-state index is 16.8. The zero-order valence-corrected chi connectivity index (χ0v) is 28.0. The summed E-state index contributed by atoms with van der Waals surface area (Å²) < 4.78 is 116. The predicted octanol–water partition coefficient (Wildman–Crippen LogP) is 8.52. The zero-order chi connectivity index (χ0) is 37.3. The molecule has 2 N–H and O–H groups in total. The number of anilines is 1. The van der Waals surface area contributed by atoms with E-state index in [9.17, 15) is 41.1 Å². The molecule has 5 aromatic rings. The van der Waals surface area contributed by atoms with Gasteiger partial charge in [0.15, 0.2) is 17.5 Å². The van der Waals surface area contributed by atoms with E-state index in [-0.39, 0.29) is 33.2 Å². The van der Waals surface area contributed by atoms with Crippen LogP contribution in [0.3, 0.4) is 0 Å². The summed E-state index contributed by atoms with van der Waals surface area (Å²) in [4.78, 5) is 16.6. The van der Waals surface area contributed by atoms with E-state index >= 15 is 8.78 Å². The van der Waals surface area contributed by atoms with E-state index in [2.05, 4.69) is 10.3 Å². The fraction of sp³-hybridized carbons (Fsp3) is 0.270. The first-order valence-corrected chi connectivity index (χ1v) is 17.7. The minimum Gasteiger partial charge on any atom is -0.481 e. The van der Waals surface area contributed by atoms with Crippen molar-refractivity contribution in [2.45, 2.75) is 49.7 Å². The molecule has 8 nitrogen and oxygen atoms in total. The number of aromatic nitrogens is 2. The molecule has 3 aromatic carbocycles. The van der Waals surface area contributed by atoms with Gasteiger partial charge >= 0.3 is 12.1 Å². The predicted molar refractivity (Wildman–Crippen MR) is 178 cm³/mol. The Hall–Kier alpha value is -5.36. The van der Waals surface area contributed by atoms with Crippen LogP contribution in [-0.2, 0) is 21.0 Å². The van der Waals surface area contributed by atoms with Gasteiger partial charge in [0.1, 0.15) is 17.4 Å². The lowest BCUT2D eigenvalue weighted by atomic mass is 9.61. The maximum Gasteiger partial charge on any atom is 0.416 e. The first-order chi connectivity index (χ1) is 24.6. The van der Waals surface area contributed by atoms with Crippen LogP contribution in [-0.4, -0.2) is 34.5 Å². The molecule has 0 spiro atoms. The first kappa shape index (κ1) is 35.1. The van der Waals surface area contributed by atoms with E-state index in [1.165, 1.54) is 24.3 Å². The molecule has 0 radical (unpaired) electrons. The SMILES string of the molecule is Cc1ccc(S(=O)(=O)n2cc(-c3nc(NC4C5CCC(CC5)C4C(=O)O)c(F)c(-c4ccc(C(F)(F)F)cc4)c3C#N)c3cc(F)cc(F)c32)cc1. The normalized spacial score (nSPS) is 20.2. The minimum absolute atomic E-state index is 0.193. The highest BCUT2D eigenvalue weighted by Gasteiger charge is 2.48. The number of aliphatic carboxylic acids is 1. The van der Waals surface area contributed by atoms with E-state index < -0.39 is 85.3 Å². The smallest absolute Gasteiger partial charge is 0.416 e. The molecule has 2 unspecified atom stereocenters. The molecule has 15 heteroatoms. The molecule has 3 saturated carbocycles. The summed E-state index contributed by atoms with van der Waals surface area (Å²) >= 11 is 0. The van der Waals surface area contributed by atoms with Crippen LogP contribution in [0.25, 0.3) is 33.3 Å². The largest absolute Gasteiger partial charge is 0.481 e. The van der Waals surface area contributed by atoms with Crippen molar-refractivity contribution in [3.63, 3.8) is 0 Å². The lowest BCUT2D eigenvalue weighted by molar-refractivity contribution is -0.148. The second-order valence-electron chi connectivity index (χ2n) is 13.2. The van der Waals surface area contributed by atoms with Crippen LogP contribution < -0.4 is 5.32 Å². The summed E-state index contributed by atoms with van der Waals surface area (Å²) in [7, 11) is -4.59. The summed E-state index contributed by atoms with van der Waals surface area (Å²) in [6.45, 7) is 1.72. The number of nitrogens with one attached hydrogen (secondary N) is 1. The molecule has 268 valence electrons. The Labute approximate surface area is 293 Å². The molecule has 2 atom stereocenters. The third kappa shape index (κ3) is 5.84. The van der Waals surface area contributed by atoms with E-state index in [0.29, 0.717) is 47.9 Å². The van der Waals surface area contributed by atoms with Crippen molar-refractivity contribution < 1.29 is 44.7 Å². The zero-order valence-electron chi connectivity index (χ0n) is 27.2. The molecule has 3 aliphatic carbocycles. The molecule has 52 heavy (non-hydrogen) atoms. The van der Waals surface area contributed by atoms with Gasteiger partial charge in [-0.2, -0.15) is 18.4 Å². The highest BCUT2D eigenvalue weighted by Crippen LogP contribution is 2.48. The molecule has 3 fully saturated rings. The van der Waals surface area contributed by atoms with Gasteiger partial charge in [-0.1, -0.05) is 29.8 Å². The average molecular weight is 739 g/mol. The molecule has 2 bridgehead atoms. The van der Waals surface area contributed by atoms with Gasteiger partial charge in [-0.3, -0.25) is 4.79 Å². The number of pyridine rings is 1. The standard InChI is InChI=1S/C37H28F6N4O4S/c1-18-2-12-24(13-3-18)52(50,51)47-17-27(25-14-23(38)15-28(39)34(25)47)33-26(16-44)29(19-8-10-22(11-9-19)37(41,42)43)31(40)35(46-33)45-32-21-6-4-20(5-7-21)30(32)36(48)49/h2-3,8-15,17,20-21,30,32H,4-7H2,1H3,(H,45,46)(H,48,49). The minimum atomic E-state index is -4.74. The quantitative estimate of drug-likeness (QED) is 0.160. The average Bonchev–Trinajstić information content (AvgIpc) is 3.49. The molecular formula is C37H28F6N4O4S. The van der Waals surface area contributed by atoms with Crippen molar-refractivity contribution in [3.8, 4) is 28.5 Å². The fourth-order valence-electron chi connectivity index (χ4n) is 7.68. The van der Waals surface area contributed by atoms with E-state index in [0.717, 1.165) is 30.0 Å². The van der Waals surface area contributed by atoms with Gasteiger partial charge in [0.2, 0.25) is 0 Å². The second kappa shape index (κ2) is 12.7. The third-order valence-electron chi connectivity index (χ3n) is 10.2. The number of rotatable bonds is 7. The number of aryl methyl sites for hydroxylation is 1. The van der Waals surface area contributed by atoms with Gasteiger partial charge in [-0.05, 0) is 80.3 Å². The molecule has 0 aliphatic heterocycles. The number of halogens is 6. The Balaban J connectivity index is 1.51. The van der Waals surface area contributed by atoms with Gasteiger partial charge in [-0.15, -0.1) is 0 Å². The van der Waals surface area contributed by atoms with Crippen LogP contribution >= 0.6 is 0 Å². The van der Waals surface area contributed by atoms with Gasteiger partial charge < -0.3 is 10.4 Å². The Morgan fingerprint density at radius 3 is 2.21 bits per heavy atom. The molecule has 8 rings (SSSR count). The molecule has 3 aliphatic rings. The van der Waals surface area contributed by atoms with Crippen LogP contribution in [0.1, 0.15) is 42.4 Å². The number of benzene rings is 3. The Bertz CT molecular complexity index is 2400. The summed E-state index contributed by atoms with van der Waals surface area (Å²) in [5.74, 6) is -6.60. The summed E-state index contributed by atoms with van der Waals surface area (Å²) in [5, 5.41) is 23.2. The molecule has 0 saturated heterocycles. The van der Waals surface area contributed by atoms with Gasteiger partial charge in [0, 0.05) is 34.8 Å². The van der Waals surface area contributed by atoms with Crippen molar-refractivity contribution >= 4 is 32.7 Å². The Kier molecular flexibility index (Phi) is 8.56. The molecule has 0 amide bonds. The van der Waals surface area contributed by atoms with Crippen LogP contribution in [0, 0.1) is 53.5 Å². The van der Waals surface area contributed by atoms with Crippen molar-refractivity contribution in [2.24, 2.45) is 17.8 Å². The summed E-state index contributed by atoms with van der Waals surface area (Å²) in [5.41, 5.74) is -2.98. The maximum absolute atomic E-state index is 16.8. The van der Waals surface area contributed by atoms with Crippen molar-refractivity contribution in [1.29, 1.82) is 5.26 Å². The van der Waals surface area contributed by atoms with E-state index in [1.54, 1.807) is 6.92 Å². The topological polar surface area (TPSA) is 125 Å². The van der Waals surface area contributed by atoms with Crippen LogP contribution in [0.4, 0.5) is 32.2 Å². The van der Waals surface area contributed by atoms with Gasteiger partial charge in [-0.25, -0.2) is 30.5 Å². The van der Waals surface area contributed by atoms with E-state index in [1.807, 2.05) is 6.07 Å². The molecule has 2 aromatic heterocycles. The first-order valence-electron chi connectivity index (χ1n) is 16.2. The monoisotopic (exact) mass is 738 g/mol. The lowest BCUT2D eigenvalue weighted by Gasteiger charge is -2.47. The van der Waals surface area contributed by atoms with Crippen molar-refractivity contribution in [3.05, 3.63) is 101 Å². The number of carbonyl (C=O) groups is 1. The van der Waals surface area contributed by atoms with Crippen molar-refractivity contribution in [1.82, 2.24) is 8.96 Å². The number of nitriles is 1. The number of hydrogen-bond acceptors (Lipinski definition) is 6. The third-order valence-corrected chi connectivity index (χ3v) is 11.8. The lowest BCUT2D eigenvalue weighted by Crippen LogP contribution is -2.51. The van der Waals surface area contributed by atoms with Crippen LogP contribution in [0.5, 0.6) is 0 Å². The Morgan fingerprint density at radius 2 is 1.62 bits per heavy atom. The van der Waals surface area contributed by atoms with Gasteiger partial charge in [0.05, 0.1) is 27.6 Å². The summed E-state index contributed by atoms with van der Waals surface area (Å²) in [6, 6.07) is 11.2. The number of nitrogens with zero attached hydrogens (tertiary/aromatic N) is 3. The number of fused-ring (bicyclic) bond motifs is 4. The number of carboxylic acids is 1. The fourth-order valence-corrected chi connectivity index (χ4v) is 9.06. The number of hydrogen-bond donors (Lipinski definition) is 2. The van der Waals surface area contributed by atoms with Crippen molar-refractivity contribution in [2.75, 3.05) is 5.32 Å².